The molecule has 0 amide bonds. The van der Waals surface area contributed by atoms with Crippen molar-refractivity contribution in [3.05, 3.63) is 0 Å². The van der Waals surface area contributed by atoms with Crippen molar-refractivity contribution in [1.29, 1.82) is 0 Å². The van der Waals surface area contributed by atoms with Gasteiger partial charge in [-0.1, -0.05) is 0 Å². The molecule has 0 aromatic carbocycles. The third kappa shape index (κ3) is 6.15. The lowest BCUT2D eigenvalue weighted by atomic mass is 10.9. The van der Waals surface area contributed by atoms with E-state index >= 15 is 0 Å². The molecule has 0 saturated heterocycles. The molecular weight excluding hydrogens is 301 g/mol. The topological polar surface area (TPSA) is 24.5 Å². The van der Waals surface area contributed by atoms with Crippen LogP contribution in [0.3, 0.4) is 0 Å². The number of nitrogens with zero attached hydrogens (tertiary/aromatic N) is 1. The highest BCUT2D eigenvalue weighted by Gasteiger charge is 2.61. The maximum Gasteiger partial charge on any atom is 0.490 e. The Morgan fingerprint density at radius 2 is 1.00 bits per heavy atom. The molecule has 0 aromatic rings. The first-order valence-corrected chi connectivity index (χ1v) is 3.41. The van der Waals surface area contributed by atoms with Gasteiger partial charge in [-0.2, -0.15) is 53.1 Å². The number of hydroxylamine groups is 2. The van der Waals surface area contributed by atoms with Gasteiger partial charge >= 0.3 is 25.1 Å². The van der Waals surface area contributed by atoms with Crippen LogP contribution in [0.15, 0.2) is 0 Å². The third-order valence-corrected chi connectivity index (χ3v) is 0.954. The van der Waals surface area contributed by atoms with E-state index in [1.54, 1.807) is 0 Å². The number of halogens is 11. The molecule has 0 aromatic heterocycles. The highest BCUT2D eigenvalue weighted by molar-refractivity contribution is 4.57. The van der Waals surface area contributed by atoms with Crippen LogP contribution < -0.4 is 5.32 Å². The molecule has 0 radical (unpaired) electrons. The Balaban J connectivity index is 5.01. The zero-order valence-corrected chi connectivity index (χ0v) is 7.51. The van der Waals surface area contributed by atoms with Crippen LogP contribution in [0.4, 0.5) is 48.3 Å². The van der Waals surface area contributed by atoms with Crippen molar-refractivity contribution < 1.29 is 53.1 Å². The minimum atomic E-state index is -6.52. The summed E-state index contributed by atoms with van der Waals surface area (Å²) in [5.41, 5.74) is 0. The van der Waals surface area contributed by atoms with Crippen molar-refractivity contribution >= 4 is 0 Å². The minimum Gasteiger partial charge on any atom is -0.199 e. The highest BCUT2D eigenvalue weighted by Crippen LogP contribution is 2.36. The molecule has 0 heterocycles. The number of rotatable bonds is 3. The van der Waals surface area contributed by atoms with Crippen LogP contribution in [-0.2, 0) is 4.84 Å². The van der Waals surface area contributed by atoms with Crippen LogP contribution in [0.25, 0.3) is 0 Å². The fourth-order valence-corrected chi connectivity index (χ4v) is 0.550. The van der Waals surface area contributed by atoms with Crippen molar-refractivity contribution in [2.75, 3.05) is 0 Å². The quantitative estimate of drug-likeness (QED) is 0.375. The van der Waals surface area contributed by atoms with Crippen LogP contribution in [-0.4, -0.2) is 30.2 Å². The number of nitrogens with one attached hydrogen (secondary N) is 1. The molecule has 0 rings (SSSR count). The monoisotopic (exact) mass is 302 g/mol. The smallest absolute Gasteiger partial charge is 0.199 e. The molecule has 0 fully saturated rings. The Hall–Kier alpha value is -0.890. The number of hydrogen-bond donors (Lipinski definition) is 1. The van der Waals surface area contributed by atoms with Gasteiger partial charge in [0.2, 0.25) is 0 Å². The first-order valence-electron chi connectivity index (χ1n) is 3.41. The largest absolute Gasteiger partial charge is 0.490 e. The lowest BCUT2D eigenvalue weighted by Crippen LogP contribution is -2.57. The Labute approximate surface area is 90.0 Å². The van der Waals surface area contributed by atoms with Crippen LogP contribution >= 0.6 is 0 Å². The zero-order valence-electron chi connectivity index (χ0n) is 7.51. The van der Waals surface area contributed by atoms with E-state index in [2.05, 4.69) is 0 Å². The molecule has 0 bridgehead atoms. The van der Waals surface area contributed by atoms with E-state index < -0.39 is 35.5 Å². The van der Waals surface area contributed by atoms with Crippen LogP contribution in [0, 0.1) is 0 Å². The zero-order chi connectivity index (χ0) is 15.0. The van der Waals surface area contributed by atoms with E-state index in [1.165, 1.54) is 0 Å². The van der Waals surface area contributed by atoms with Gasteiger partial charge in [0, 0.05) is 5.06 Å². The molecule has 14 heteroatoms. The maximum absolute atomic E-state index is 12.1. The van der Waals surface area contributed by atoms with Crippen molar-refractivity contribution in [2.45, 2.75) is 25.1 Å². The second-order valence-electron chi connectivity index (χ2n) is 2.46. The molecule has 0 aliphatic rings. The van der Waals surface area contributed by atoms with Gasteiger partial charge in [-0.3, -0.25) is 0 Å². The Morgan fingerprint density at radius 3 is 1.22 bits per heavy atom. The summed E-state index contributed by atoms with van der Waals surface area (Å²) in [7, 11) is 0. The second kappa shape index (κ2) is 4.65. The first kappa shape index (κ1) is 17.1. The van der Waals surface area contributed by atoms with E-state index in [0.29, 0.717) is 0 Å². The Kier molecular flexibility index (Phi) is 4.42. The third-order valence-electron chi connectivity index (χ3n) is 0.954. The summed E-state index contributed by atoms with van der Waals surface area (Å²) in [6.07, 6.45) is -25.0. The predicted molar refractivity (Wildman–Crippen MR) is 29.2 cm³/mol. The van der Waals surface area contributed by atoms with Gasteiger partial charge in [0.05, 0.1) is 0 Å². The first-order chi connectivity index (χ1) is 7.55. The van der Waals surface area contributed by atoms with Gasteiger partial charge in [0.1, 0.15) is 0 Å². The molecule has 0 unspecified atom stereocenters. The normalized spacial score (nSPS) is 15.3. The molecule has 18 heavy (non-hydrogen) atoms. The van der Waals surface area contributed by atoms with Crippen LogP contribution in [0.5, 0.6) is 0 Å². The van der Waals surface area contributed by atoms with E-state index in [4.69, 9.17) is 0 Å². The minimum absolute atomic E-state index is 0.827. The fourth-order valence-electron chi connectivity index (χ4n) is 0.550. The van der Waals surface area contributed by atoms with Gasteiger partial charge in [0.15, 0.2) is 0 Å². The van der Waals surface area contributed by atoms with Crippen molar-refractivity contribution in [3.8, 4) is 0 Å². The summed E-state index contributed by atoms with van der Waals surface area (Å²) >= 11 is 0. The van der Waals surface area contributed by atoms with Crippen molar-refractivity contribution in [3.63, 3.8) is 0 Å². The Morgan fingerprint density at radius 1 is 0.667 bits per heavy atom. The van der Waals surface area contributed by atoms with Crippen LogP contribution in [0.1, 0.15) is 0 Å². The molecule has 0 atom stereocenters. The van der Waals surface area contributed by atoms with Gasteiger partial charge in [0.25, 0.3) is 0 Å². The summed E-state index contributed by atoms with van der Waals surface area (Å²) in [6, 6.07) is 0. The molecule has 0 aliphatic carbocycles. The molecule has 3 nitrogen and oxygen atoms in total. The Bertz CT molecular complexity index is 262. The number of alkyl halides is 11. The van der Waals surface area contributed by atoms with E-state index in [0.717, 1.165) is 0 Å². The van der Waals surface area contributed by atoms with Gasteiger partial charge < -0.3 is 0 Å². The molecule has 0 spiro atoms. The van der Waals surface area contributed by atoms with Crippen molar-refractivity contribution in [2.24, 2.45) is 0 Å². The van der Waals surface area contributed by atoms with Crippen molar-refractivity contribution in [1.82, 2.24) is 10.4 Å². The molecule has 1 N–H and O–H groups in total. The maximum atomic E-state index is 12.1. The standard InChI is InChI=1S/C4HF11N2O/c5-1(6,7)16-4(14,15)18-17(2(8,9)10)3(11,12)13/h16H. The summed E-state index contributed by atoms with van der Waals surface area (Å²) in [6.45, 7) is 0. The van der Waals surface area contributed by atoms with Gasteiger partial charge in [-0.05, 0) is 0 Å². The van der Waals surface area contributed by atoms with Crippen LogP contribution in [0.2, 0.25) is 0 Å². The number of hydrogen-bond acceptors (Lipinski definition) is 3. The van der Waals surface area contributed by atoms with E-state index in [-0.39, 0.29) is 0 Å². The second-order valence-corrected chi connectivity index (χ2v) is 2.46. The van der Waals surface area contributed by atoms with E-state index in [9.17, 15) is 48.3 Å². The predicted octanol–water partition coefficient (Wildman–Crippen LogP) is 2.92. The van der Waals surface area contributed by atoms with Gasteiger partial charge in [-0.25, -0.2) is 0 Å². The summed E-state index contributed by atoms with van der Waals surface area (Å²) in [5, 5.41) is -4.00. The summed E-state index contributed by atoms with van der Waals surface area (Å²) < 4.78 is 128. The van der Waals surface area contributed by atoms with E-state index in [1.807, 2.05) is 4.84 Å². The summed E-state index contributed by atoms with van der Waals surface area (Å²) in [4.78, 5) is 1.96. The molecular formula is C4HF11N2O. The SMILES string of the molecule is FC(F)(F)NC(F)(F)ON(C(F)(F)F)C(F)(F)F. The summed E-state index contributed by atoms with van der Waals surface area (Å²) in [5.74, 6) is 0. The molecule has 0 aliphatic heterocycles. The van der Waals surface area contributed by atoms with Gasteiger partial charge in [-0.15, -0.1) is 5.32 Å². The average molecular weight is 302 g/mol. The lowest BCUT2D eigenvalue weighted by Gasteiger charge is -2.29. The fraction of sp³-hybridized carbons (Fsp3) is 1.00. The lowest BCUT2D eigenvalue weighted by molar-refractivity contribution is -0.542. The molecule has 0 saturated carbocycles. The highest BCUT2D eigenvalue weighted by atomic mass is 19.4. The molecule has 110 valence electrons. The average Bonchev–Trinajstić information content (AvgIpc) is 1.90.